The Morgan fingerprint density at radius 3 is 2.74 bits per heavy atom. The van der Waals surface area contributed by atoms with Gasteiger partial charge in [0.05, 0.1) is 5.69 Å². The maximum Gasteiger partial charge on any atom is 0.254 e. The van der Waals surface area contributed by atoms with Gasteiger partial charge in [0.25, 0.3) is 10.0 Å². The quantitative estimate of drug-likeness (QED) is 0.776. The molecule has 6 nitrogen and oxygen atoms in total. The number of hydrogen-bond donors (Lipinski definition) is 1. The molecule has 0 saturated carbocycles. The van der Waals surface area contributed by atoms with E-state index in [9.17, 15) is 13.2 Å². The molecule has 1 aliphatic rings. The Morgan fingerprint density at radius 1 is 1.30 bits per heavy atom. The minimum atomic E-state index is -3.60. The Bertz CT molecular complexity index is 923. The van der Waals surface area contributed by atoms with Crippen molar-refractivity contribution in [1.29, 1.82) is 0 Å². The van der Waals surface area contributed by atoms with Crippen molar-refractivity contribution in [3.05, 3.63) is 48.7 Å². The summed E-state index contributed by atoms with van der Waals surface area (Å²) in [6.45, 7) is 6.02. The predicted octanol–water partition coefficient (Wildman–Crippen LogP) is 2.96. The van der Waals surface area contributed by atoms with Gasteiger partial charge in [0.2, 0.25) is 5.91 Å². The first-order valence-electron chi connectivity index (χ1n) is 8.87. The average Bonchev–Trinajstić information content (AvgIpc) is 2.91. The van der Waals surface area contributed by atoms with Gasteiger partial charge in [-0.25, -0.2) is 13.4 Å². The van der Waals surface area contributed by atoms with Crippen LogP contribution < -0.4 is 5.32 Å². The highest BCUT2D eigenvalue weighted by Gasteiger charge is 2.31. The van der Waals surface area contributed by atoms with Crippen LogP contribution in [0.4, 0.5) is 0 Å². The second kappa shape index (κ2) is 8.33. The summed E-state index contributed by atoms with van der Waals surface area (Å²) in [5.74, 6) is -0.220. The van der Waals surface area contributed by atoms with Crippen LogP contribution in [0.1, 0.15) is 25.0 Å². The third-order valence-electron chi connectivity index (χ3n) is 4.57. The Morgan fingerprint density at radius 2 is 2.04 bits per heavy atom. The third-order valence-corrected chi connectivity index (χ3v) is 8.26. The summed E-state index contributed by atoms with van der Waals surface area (Å²) in [7, 11) is -3.60. The lowest BCUT2D eigenvalue weighted by Gasteiger charge is -2.19. The fourth-order valence-corrected chi connectivity index (χ4v) is 6.31. The lowest BCUT2D eigenvalue weighted by atomic mass is 10.1. The first-order chi connectivity index (χ1) is 12.9. The molecule has 3 rings (SSSR count). The number of nitrogens with one attached hydrogen (secondary N) is 1. The molecular formula is C19H23N3O3S2. The molecule has 1 atom stereocenters. The molecule has 1 aliphatic heterocycles. The number of aryl methyl sites for hydroxylation is 1. The smallest absolute Gasteiger partial charge is 0.254 e. The lowest BCUT2D eigenvalue weighted by molar-refractivity contribution is -0.117. The number of hydrogen-bond acceptors (Lipinski definition) is 5. The Balaban J connectivity index is 1.79. The lowest BCUT2D eigenvalue weighted by Crippen LogP contribution is -2.36. The number of carbonyl (C=O) groups excluding carboxylic acids is 1. The standard InChI is InChI=1S/C19H23N3O3S2/c1-3-17(23)21-16-10-7-12-22(13-11-16)27(24,25)19-14(2)20-18(26-19)15-8-5-4-6-9-15/h3-6,8-9,16H,1,7,10-13H2,2H3,(H,21,23). The molecule has 1 aromatic heterocycles. The number of benzene rings is 1. The monoisotopic (exact) mass is 405 g/mol. The van der Waals surface area contributed by atoms with Gasteiger partial charge in [-0.05, 0) is 32.3 Å². The zero-order chi connectivity index (χ0) is 19.4. The molecular weight excluding hydrogens is 382 g/mol. The van der Waals surface area contributed by atoms with E-state index in [-0.39, 0.29) is 11.9 Å². The molecule has 1 fully saturated rings. The van der Waals surface area contributed by atoms with E-state index < -0.39 is 10.0 Å². The van der Waals surface area contributed by atoms with Gasteiger partial charge < -0.3 is 5.32 Å². The van der Waals surface area contributed by atoms with Crippen molar-refractivity contribution in [2.75, 3.05) is 13.1 Å². The molecule has 1 amide bonds. The van der Waals surface area contributed by atoms with E-state index in [1.165, 1.54) is 21.7 Å². The van der Waals surface area contributed by atoms with Crippen molar-refractivity contribution in [3.8, 4) is 10.6 Å². The Kier molecular flexibility index (Phi) is 6.08. The van der Waals surface area contributed by atoms with Gasteiger partial charge in [-0.2, -0.15) is 4.31 Å². The number of amides is 1. The van der Waals surface area contributed by atoms with Crippen LogP contribution in [0.2, 0.25) is 0 Å². The van der Waals surface area contributed by atoms with Gasteiger partial charge in [-0.1, -0.05) is 36.9 Å². The number of thiazole rings is 1. The van der Waals surface area contributed by atoms with Gasteiger partial charge in [-0.3, -0.25) is 4.79 Å². The highest BCUT2D eigenvalue weighted by Crippen LogP contribution is 2.33. The van der Waals surface area contributed by atoms with E-state index in [2.05, 4.69) is 16.9 Å². The molecule has 0 aliphatic carbocycles. The number of carbonyl (C=O) groups is 1. The van der Waals surface area contributed by atoms with Crippen molar-refractivity contribution in [3.63, 3.8) is 0 Å². The van der Waals surface area contributed by atoms with Crippen molar-refractivity contribution >= 4 is 27.3 Å². The topological polar surface area (TPSA) is 79.4 Å². The summed E-state index contributed by atoms with van der Waals surface area (Å²) in [5, 5.41) is 3.58. The SMILES string of the molecule is C=CC(=O)NC1CCCN(S(=O)(=O)c2sc(-c3ccccc3)nc2C)CC1. The second-order valence-corrected chi connectivity index (χ2v) is 9.63. The van der Waals surface area contributed by atoms with E-state index in [1.807, 2.05) is 30.3 Å². The predicted molar refractivity (Wildman–Crippen MR) is 107 cm³/mol. The summed E-state index contributed by atoms with van der Waals surface area (Å²) in [5.41, 5.74) is 1.44. The molecule has 8 heteroatoms. The molecule has 0 bridgehead atoms. The van der Waals surface area contributed by atoms with Crippen LogP contribution in [0.3, 0.4) is 0 Å². The van der Waals surface area contributed by atoms with Crippen molar-refractivity contribution < 1.29 is 13.2 Å². The van der Waals surface area contributed by atoms with E-state index in [1.54, 1.807) is 6.92 Å². The Labute approximate surface area is 164 Å². The van der Waals surface area contributed by atoms with E-state index >= 15 is 0 Å². The molecule has 2 aromatic rings. The molecule has 0 spiro atoms. The van der Waals surface area contributed by atoms with Gasteiger partial charge >= 0.3 is 0 Å². The largest absolute Gasteiger partial charge is 0.350 e. The summed E-state index contributed by atoms with van der Waals surface area (Å²) >= 11 is 1.21. The first-order valence-corrected chi connectivity index (χ1v) is 11.1. The van der Waals surface area contributed by atoms with Crippen LogP contribution in [0.5, 0.6) is 0 Å². The number of nitrogens with zero attached hydrogens (tertiary/aromatic N) is 2. The molecule has 1 saturated heterocycles. The van der Waals surface area contributed by atoms with Gasteiger partial charge in [-0.15, -0.1) is 11.3 Å². The minimum absolute atomic E-state index is 0.0295. The van der Waals surface area contributed by atoms with Gasteiger partial charge in [0, 0.05) is 24.7 Å². The second-order valence-electron chi connectivity index (χ2n) is 6.50. The summed E-state index contributed by atoms with van der Waals surface area (Å²) in [6.07, 6.45) is 3.28. The normalized spacial score (nSPS) is 18.6. The van der Waals surface area contributed by atoms with E-state index in [4.69, 9.17) is 0 Å². The summed E-state index contributed by atoms with van der Waals surface area (Å²) < 4.78 is 28.2. The van der Waals surface area contributed by atoms with Crippen molar-refractivity contribution in [2.45, 2.75) is 36.4 Å². The van der Waals surface area contributed by atoms with Crippen LogP contribution in [0.25, 0.3) is 10.6 Å². The Hall–Kier alpha value is -2.03. The number of aromatic nitrogens is 1. The average molecular weight is 406 g/mol. The molecule has 0 radical (unpaired) electrons. The zero-order valence-electron chi connectivity index (χ0n) is 15.2. The summed E-state index contributed by atoms with van der Waals surface area (Å²) in [4.78, 5) is 16.0. The van der Waals surface area contributed by atoms with Crippen molar-refractivity contribution in [1.82, 2.24) is 14.6 Å². The third kappa shape index (κ3) is 4.45. The van der Waals surface area contributed by atoms with Gasteiger partial charge in [0.15, 0.2) is 4.21 Å². The molecule has 144 valence electrons. The zero-order valence-corrected chi connectivity index (χ0v) is 16.9. The maximum atomic E-state index is 13.2. The molecule has 1 N–H and O–H groups in total. The molecule has 2 heterocycles. The van der Waals surface area contributed by atoms with Gasteiger partial charge in [0.1, 0.15) is 5.01 Å². The molecule has 1 unspecified atom stereocenters. The minimum Gasteiger partial charge on any atom is -0.350 e. The fourth-order valence-electron chi connectivity index (χ4n) is 3.16. The molecule has 1 aromatic carbocycles. The highest BCUT2D eigenvalue weighted by atomic mass is 32.2. The number of rotatable bonds is 5. The highest BCUT2D eigenvalue weighted by molar-refractivity contribution is 7.91. The van der Waals surface area contributed by atoms with Crippen LogP contribution in [-0.4, -0.2) is 42.7 Å². The summed E-state index contributed by atoms with van der Waals surface area (Å²) in [6, 6.07) is 9.55. The van der Waals surface area contributed by atoms with Crippen LogP contribution in [0, 0.1) is 6.92 Å². The van der Waals surface area contributed by atoms with E-state index in [0.717, 1.165) is 12.0 Å². The van der Waals surface area contributed by atoms with Crippen LogP contribution in [-0.2, 0) is 14.8 Å². The van der Waals surface area contributed by atoms with Crippen LogP contribution in [0.15, 0.2) is 47.2 Å². The van der Waals surface area contributed by atoms with E-state index in [0.29, 0.717) is 40.8 Å². The first kappa shape index (κ1) is 19.7. The fraction of sp³-hybridized carbons (Fsp3) is 0.368. The van der Waals surface area contributed by atoms with Crippen molar-refractivity contribution in [2.24, 2.45) is 0 Å². The maximum absolute atomic E-state index is 13.2. The number of sulfonamides is 1. The van der Waals surface area contributed by atoms with Crippen LogP contribution >= 0.6 is 11.3 Å². The molecule has 27 heavy (non-hydrogen) atoms.